The maximum atomic E-state index is 11.1. The summed E-state index contributed by atoms with van der Waals surface area (Å²) in [5, 5.41) is 0. The van der Waals surface area contributed by atoms with E-state index in [0.29, 0.717) is 13.2 Å². The monoisotopic (exact) mass is 305 g/mol. The largest absolute Gasteiger partial charge is 0.492 e. The Morgan fingerprint density at radius 2 is 2.06 bits per heavy atom. The molecule has 0 aliphatic heterocycles. The summed E-state index contributed by atoms with van der Waals surface area (Å²) >= 11 is 8.77. The highest BCUT2D eigenvalue weighted by atomic mass is 79.9. The van der Waals surface area contributed by atoms with Crippen LogP contribution in [0.3, 0.4) is 0 Å². The van der Waals surface area contributed by atoms with Gasteiger partial charge in [-0.05, 0) is 24.3 Å². The Morgan fingerprint density at radius 3 is 2.62 bits per heavy atom. The average molecular weight is 307 g/mol. The van der Waals surface area contributed by atoms with Gasteiger partial charge < -0.3 is 9.64 Å². The minimum atomic E-state index is -0.0962. The second kappa shape index (κ2) is 6.76. The van der Waals surface area contributed by atoms with Crippen molar-refractivity contribution in [2.24, 2.45) is 0 Å². The first-order valence-corrected chi connectivity index (χ1v) is 6.14. The van der Waals surface area contributed by atoms with Crippen molar-refractivity contribution in [1.82, 2.24) is 4.90 Å². The zero-order valence-corrected chi connectivity index (χ0v) is 11.3. The molecule has 16 heavy (non-hydrogen) atoms. The molecule has 1 aromatic carbocycles. The van der Waals surface area contributed by atoms with Crippen molar-refractivity contribution in [1.29, 1.82) is 0 Å². The zero-order valence-electron chi connectivity index (χ0n) is 8.95. The summed E-state index contributed by atoms with van der Waals surface area (Å²) in [7, 11) is 1.70. The zero-order chi connectivity index (χ0) is 12.0. The molecule has 0 fully saturated rings. The van der Waals surface area contributed by atoms with Crippen LogP contribution in [0.5, 0.6) is 5.75 Å². The van der Waals surface area contributed by atoms with Crippen LogP contribution in [0.2, 0.25) is 0 Å². The summed E-state index contributed by atoms with van der Waals surface area (Å²) in [5.74, 6) is 0.699. The number of rotatable bonds is 5. The maximum Gasteiger partial charge on any atom is 0.237 e. The number of hydrogen-bond donors (Lipinski definition) is 0. The van der Waals surface area contributed by atoms with E-state index in [1.807, 2.05) is 24.3 Å². The summed E-state index contributed by atoms with van der Waals surface area (Å²) in [4.78, 5) is 12.7. The van der Waals surface area contributed by atoms with E-state index in [1.165, 1.54) is 0 Å². The topological polar surface area (TPSA) is 29.5 Å². The lowest BCUT2D eigenvalue weighted by atomic mass is 10.3. The molecule has 0 bridgehead atoms. The molecule has 0 heterocycles. The highest BCUT2D eigenvalue weighted by Crippen LogP contribution is 2.15. The minimum absolute atomic E-state index is 0.00871. The van der Waals surface area contributed by atoms with Crippen LogP contribution in [-0.2, 0) is 4.79 Å². The van der Waals surface area contributed by atoms with E-state index >= 15 is 0 Å². The molecule has 0 unspecified atom stereocenters. The SMILES string of the molecule is CN(CCOc1ccc(Br)cc1)C(=O)CCl. The predicted molar refractivity (Wildman–Crippen MR) is 68.0 cm³/mol. The Labute approximate surface area is 108 Å². The number of ether oxygens (including phenoxy) is 1. The standard InChI is InChI=1S/C11H13BrClNO2/c1-14(11(15)8-13)6-7-16-10-4-2-9(12)3-5-10/h2-5H,6-8H2,1H3. The number of halogens is 2. The van der Waals surface area contributed by atoms with Gasteiger partial charge in [0.1, 0.15) is 18.2 Å². The number of carbonyl (C=O) groups excluding carboxylic acids is 1. The van der Waals surface area contributed by atoms with Crippen molar-refractivity contribution in [3.05, 3.63) is 28.7 Å². The number of alkyl halides is 1. The van der Waals surface area contributed by atoms with Crippen molar-refractivity contribution >= 4 is 33.4 Å². The van der Waals surface area contributed by atoms with Crippen LogP contribution in [-0.4, -0.2) is 36.9 Å². The van der Waals surface area contributed by atoms with E-state index in [1.54, 1.807) is 11.9 Å². The lowest BCUT2D eigenvalue weighted by molar-refractivity contribution is -0.127. The van der Waals surface area contributed by atoms with Gasteiger partial charge >= 0.3 is 0 Å². The van der Waals surface area contributed by atoms with Gasteiger partial charge in [0, 0.05) is 11.5 Å². The van der Waals surface area contributed by atoms with Gasteiger partial charge in [-0.15, -0.1) is 11.6 Å². The molecule has 0 atom stereocenters. The van der Waals surface area contributed by atoms with Gasteiger partial charge in [0.25, 0.3) is 0 Å². The molecule has 1 rings (SSSR count). The first-order chi connectivity index (χ1) is 7.63. The Balaban J connectivity index is 2.30. The van der Waals surface area contributed by atoms with Crippen LogP contribution in [0, 0.1) is 0 Å². The fraction of sp³-hybridized carbons (Fsp3) is 0.364. The molecule has 5 heteroatoms. The number of amides is 1. The first kappa shape index (κ1) is 13.3. The van der Waals surface area contributed by atoms with Gasteiger partial charge in [0.15, 0.2) is 0 Å². The van der Waals surface area contributed by atoms with Gasteiger partial charge in [-0.1, -0.05) is 15.9 Å². The fourth-order valence-corrected chi connectivity index (χ4v) is 1.53. The number of benzene rings is 1. The van der Waals surface area contributed by atoms with Gasteiger partial charge in [0.05, 0.1) is 6.54 Å². The molecule has 0 radical (unpaired) electrons. The van der Waals surface area contributed by atoms with Crippen LogP contribution in [0.4, 0.5) is 0 Å². The molecule has 0 aromatic heterocycles. The third kappa shape index (κ3) is 4.41. The fourth-order valence-electron chi connectivity index (χ4n) is 1.06. The van der Waals surface area contributed by atoms with Crippen LogP contribution in [0.15, 0.2) is 28.7 Å². The minimum Gasteiger partial charge on any atom is -0.492 e. The number of carbonyl (C=O) groups is 1. The van der Waals surface area contributed by atoms with Crippen molar-refractivity contribution in [3.63, 3.8) is 0 Å². The van der Waals surface area contributed by atoms with Crippen LogP contribution >= 0.6 is 27.5 Å². The van der Waals surface area contributed by atoms with E-state index in [-0.39, 0.29) is 11.8 Å². The van der Waals surface area contributed by atoms with Gasteiger partial charge in [-0.25, -0.2) is 0 Å². The molecule has 0 N–H and O–H groups in total. The summed E-state index contributed by atoms with van der Waals surface area (Å²) < 4.78 is 6.48. The lowest BCUT2D eigenvalue weighted by Gasteiger charge is -2.15. The van der Waals surface area contributed by atoms with E-state index < -0.39 is 0 Å². The third-order valence-electron chi connectivity index (χ3n) is 2.05. The molecular formula is C11H13BrClNO2. The van der Waals surface area contributed by atoms with E-state index in [0.717, 1.165) is 10.2 Å². The molecule has 0 aliphatic rings. The smallest absolute Gasteiger partial charge is 0.237 e. The normalized spacial score (nSPS) is 9.94. The Hall–Kier alpha value is -0.740. The molecule has 88 valence electrons. The van der Waals surface area contributed by atoms with E-state index in [9.17, 15) is 4.79 Å². The molecule has 1 aromatic rings. The highest BCUT2D eigenvalue weighted by molar-refractivity contribution is 9.10. The second-order valence-corrected chi connectivity index (χ2v) is 4.43. The Kier molecular flexibility index (Phi) is 5.63. The average Bonchev–Trinajstić information content (AvgIpc) is 2.30. The van der Waals surface area contributed by atoms with Gasteiger partial charge in [-0.3, -0.25) is 4.79 Å². The van der Waals surface area contributed by atoms with Gasteiger partial charge in [-0.2, -0.15) is 0 Å². The Bertz CT molecular complexity index is 342. The molecule has 1 amide bonds. The van der Waals surface area contributed by atoms with Crippen LogP contribution in [0.1, 0.15) is 0 Å². The maximum absolute atomic E-state index is 11.1. The van der Waals surface area contributed by atoms with Crippen molar-refractivity contribution in [3.8, 4) is 5.75 Å². The molecule has 0 aliphatic carbocycles. The van der Waals surface area contributed by atoms with Crippen LogP contribution in [0.25, 0.3) is 0 Å². The second-order valence-electron chi connectivity index (χ2n) is 3.25. The first-order valence-electron chi connectivity index (χ1n) is 4.82. The van der Waals surface area contributed by atoms with Crippen LogP contribution < -0.4 is 4.74 Å². The lowest BCUT2D eigenvalue weighted by Crippen LogP contribution is -2.31. The summed E-state index contributed by atoms with van der Waals surface area (Å²) in [6.07, 6.45) is 0. The van der Waals surface area contributed by atoms with Crippen molar-refractivity contribution in [2.75, 3.05) is 26.1 Å². The van der Waals surface area contributed by atoms with Gasteiger partial charge in [0.2, 0.25) is 5.91 Å². The summed E-state index contributed by atoms with van der Waals surface area (Å²) in [6.45, 7) is 0.988. The van der Waals surface area contributed by atoms with E-state index in [4.69, 9.17) is 16.3 Å². The van der Waals surface area contributed by atoms with Crippen molar-refractivity contribution < 1.29 is 9.53 Å². The molecule has 0 saturated heterocycles. The molecule has 3 nitrogen and oxygen atoms in total. The number of nitrogens with zero attached hydrogens (tertiary/aromatic N) is 1. The predicted octanol–water partition coefficient (Wildman–Crippen LogP) is 2.53. The summed E-state index contributed by atoms with van der Waals surface area (Å²) in [5.41, 5.74) is 0. The Morgan fingerprint density at radius 1 is 1.44 bits per heavy atom. The number of hydrogen-bond acceptors (Lipinski definition) is 2. The summed E-state index contributed by atoms with van der Waals surface area (Å²) in [6, 6.07) is 7.55. The molecular weight excluding hydrogens is 293 g/mol. The quantitative estimate of drug-likeness (QED) is 0.782. The highest BCUT2D eigenvalue weighted by Gasteiger charge is 2.06. The third-order valence-corrected chi connectivity index (χ3v) is 2.81. The van der Waals surface area contributed by atoms with E-state index in [2.05, 4.69) is 15.9 Å². The molecule has 0 spiro atoms. The van der Waals surface area contributed by atoms with Crippen molar-refractivity contribution in [2.45, 2.75) is 0 Å². The number of likely N-dealkylation sites (N-methyl/N-ethyl adjacent to an activating group) is 1. The molecule has 0 saturated carbocycles.